The molecule has 2 fully saturated rings. The normalized spacial score (nSPS) is 19.7. The van der Waals surface area contributed by atoms with Crippen LogP contribution in [0.15, 0.2) is 53.4 Å². The van der Waals surface area contributed by atoms with Crippen molar-refractivity contribution >= 4 is 33.2 Å². The largest absolute Gasteiger partial charge is 0.294 e. The Labute approximate surface area is 241 Å². The van der Waals surface area contributed by atoms with Gasteiger partial charge in [0, 0.05) is 42.3 Å². The summed E-state index contributed by atoms with van der Waals surface area (Å²) in [6.45, 7) is 5.73. The SMILES string of the molecule is CC(C)N(C1CCCCC1)[C@H]1CCN(NC(=O)[C@@H](Cc2ccc(Cl)cc2)NS(=O)(=O)c2ccccc2[N+](=O)[O-])C1. The van der Waals surface area contributed by atoms with Crippen molar-refractivity contribution in [2.75, 3.05) is 13.1 Å². The quantitative estimate of drug-likeness (QED) is 0.295. The highest BCUT2D eigenvalue weighted by Gasteiger charge is 2.36. The van der Waals surface area contributed by atoms with Crippen molar-refractivity contribution in [2.45, 2.75) is 87.9 Å². The van der Waals surface area contributed by atoms with Gasteiger partial charge in [-0.15, -0.1) is 0 Å². The highest BCUT2D eigenvalue weighted by atomic mass is 35.5. The molecule has 0 bridgehead atoms. The first-order chi connectivity index (χ1) is 19.0. The predicted molar refractivity (Wildman–Crippen MR) is 154 cm³/mol. The monoisotopic (exact) mass is 591 g/mol. The fourth-order valence-corrected chi connectivity index (χ4v) is 7.46. The van der Waals surface area contributed by atoms with Crippen LogP contribution in [0.2, 0.25) is 5.02 Å². The van der Waals surface area contributed by atoms with Gasteiger partial charge in [0.1, 0.15) is 6.04 Å². The Morgan fingerprint density at radius 2 is 1.75 bits per heavy atom. The van der Waals surface area contributed by atoms with Gasteiger partial charge < -0.3 is 0 Å². The van der Waals surface area contributed by atoms with E-state index in [4.69, 9.17) is 11.6 Å². The summed E-state index contributed by atoms with van der Waals surface area (Å²) in [6.07, 6.45) is 7.10. The first-order valence-corrected chi connectivity index (χ1v) is 15.7. The second kappa shape index (κ2) is 13.4. The molecule has 0 radical (unpaired) electrons. The fraction of sp³-hybridized carbons (Fsp3) is 0.536. The van der Waals surface area contributed by atoms with Gasteiger partial charge in [-0.25, -0.2) is 13.4 Å². The lowest BCUT2D eigenvalue weighted by molar-refractivity contribution is -0.387. The average molecular weight is 592 g/mol. The number of carbonyl (C=O) groups is 1. The second-order valence-corrected chi connectivity index (χ2v) is 13.0. The van der Waals surface area contributed by atoms with Gasteiger partial charge in [0.15, 0.2) is 4.90 Å². The van der Waals surface area contributed by atoms with Crippen molar-refractivity contribution in [2.24, 2.45) is 0 Å². The van der Waals surface area contributed by atoms with Crippen molar-refractivity contribution < 1.29 is 18.1 Å². The number of carbonyl (C=O) groups excluding carboxylic acids is 1. The lowest BCUT2D eigenvalue weighted by Crippen LogP contribution is -2.54. The van der Waals surface area contributed by atoms with E-state index in [1.807, 2.05) is 5.01 Å². The van der Waals surface area contributed by atoms with Crippen molar-refractivity contribution in [3.05, 3.63) is 69.2 Å². The number of hydrogen-bond acceptors (Lipinski definition) is 7. The molecule has 1 saturated heterocycles. The molecule has 2 aromatic carbocycles. The zero-order chi connectivity index (χ0) is 28.9. The van der Waals surface area contributed by atoms with E-state index < -0.39 is 37.5 Å². The fourth-order valence-electron chi connectivity index (χ4n) is 5.97. The summed E-state index contributed by atoms with van der Waals surface area (Å²) in [4.78, 5) is 26.4. The van der Waals surface area contributed by atoms with Crippen LogP contribution in [-0.4, -0.2) is 66.4 Å². The molecule has 1 heterocycles. The molecule has 218 valence electrons. The number of nitro groups is 1. The molecule has 1 saturated carbocycles. The van der Waals surface area contributed by atoms with Crippen LogP contribution >= 0.6 is 11.6 Å². The summed E-state index contributed by atoms with van der Waals surface area (Å²) in [5.41, 5.74) is 3.07. The third kappa shape index (κ3) is 7.58. The number of nitro benzene ring substituents is 1. The van der Waals surface area contributed by atoms with Crippen LogP contribution in [-0.2, 0) is 21.2 Å². The van der Waals surface area contributed by atoms with Crippen molar-refractivity contribution in [3.8, 4) is 0 Å². The minimum absolute atomic E-state index is 0.0420. The average Bonchev–Trinajstić information content (AvgIpc) is 3.37. The van der Waals surface area contributed by atoms with Crippen LogP contribution in [0.5, 0.6) is 0 Å². The number of hydrogen-bond donors (Lipinski definition) is 2. The maximum Gasteiger partial charge on any atom is 0.289 e. The summed E-state index contributed by atoms with van der Waals surface area (Å²) in [5.74, 6) is -0.522. The number of amides is 1. The highest BCUT2D eigenvalue weighted by molar-refractivity contribution is 7.89. The zero-order valence-electron chi connectivity index (χ0n) is 23.0. The summed E-state index contributed by atoms with van der Waals surface area (Å²) in [6, 6.07) is 11.9. The molecule has 4 rings (SSSR count). The summed E-state index contributed by atoms with van der Waals surface area (Å²) < 4.78 is 29.0. The molecule has 0 unspecified atom stereocenters. The third-order valence-corrected chi connectivity index (χ3v) is 9.54. The summed E-state index contributed by atoms with van der Waals surface area (Å²) in [7, 11) is -4.40. The number of rotatable bonds is 11. The molecule has 2 atom stereocenters. The minimum Gasteiger partial charge on any atom is -0.294 e. The standard InChI is InChI=1S/C28H38ClN5O5S/c1-20(2)33(23-8-4-3-5-9-23)24-16-17-32(19-24)30-28(35)25(18-21-12-14-22(29)15-13-21)31-40(38,39)27-11-7-6-10-26(27)34(36)37/h6-7,10-15,20,23-25,31H,3-5,8-9,16-19H2,1-2H3,(H,30,35)/t24-,25+/m0/s1. The van der Waals surface area contributed by atoms with Crippen LogP contribution in [0.25, 0.3) is 0 Å². The third-order valence-electron chi connectivity index (χ3n) is 7.76. The van der Waals surface area contributed by atoms with Gasteiger partial charge >= 0.3 is 0 Å². The Hall–Kier alpha value is -2.57. The van der Waals surface area contributed by atoms with Gasteiger partial charge in [-0.05, 0) is 63.3 Å². The maximum absolute atomic E-state index is 13.6. The Morgan fingerprint density at radius 3 is 2.40 bits per heavy atom. The Kier molecular flexibility index (Phi) is 10.2. The van der Waals surface area contributed by atoms with E-state index in [1.54, 1.807) is 24.3 Å². The van der Waals surface area contributed by atoms with Gasteiger partial charge in [0.2, 0.25) is 10.0 Å². The first-order valence-electron chi connectivity index (χ1n) is 13.9. The molecule has 0 aromatic heterocycles. The predicted octanol–water partition coefficient (Wildman–Crippen LogP) is 4.29. The molecule has 2 aromatic rings. The van der Waals surface area contributed by atoms with E-state index in [0.717, 1.165) is 18.6 Å². The first kappa shape index (κ1) is 30.4. The molecular formula is C28H38ClN5O5S. The molecule has 2 N–H and O–H groups in total. The Morgan fingerprint density at radius 1 is 1.07 bits per heavy atom. The molecular weight excluding hydrogens is 554 g/mol. The molecule has 1 aliphatic carbocycles. The lowest BCUT2D eigenvalue weighted by Gasteiger charge is -2.41. The molecule has 1 amide bonds. The van der Waals surface area contributed by atoms with E-state index in [-0.39, 0.29) is 6.42 Å². The van der Waals surface area contributed by atoms with Crippen LogP contribution in [0.4, 0.5) is 5.69 Å². The van der Waals surface area contributed by atoms with Crippen LogP contribution in [0.1, 0.15) is 57.9 Å². The number of nitrogens with zero attached hydrogens (tertiary/aromatic N) is 3. The molecule has 1 aliphatic heterocycles. The number of benzene rings is 2. The summed E-state index contributed by atoms with van der Waals surface area (Å²) >= 11 is 6.01. The molecule has 2 aliphatic rings. The van der Waals surface area contributed by atoms with Gasteiger partial charge in [-0.3, -0.25) is 25.2 Å². The molecule has 12 heteroatoms. The maximum atomic E-state index is 13.6. The Balaban J connectivity index is 1.51. The van der Waals surface area contributed by atoms with Gasteiger partial charge in [0.25, 0.3) is 11.6 Å². The molecule has 40 heavy (non-hydrogen) atoms. The topological polar surface area (TPSA) is 125 Å². The van der Waals surface area contributed by atoms with Crippen molar-refractivity contribution in [1.29, 1.82) is 0 Å². The number of nitrogens with one attached hydrogen (secondary N) is 2. The van der Waals surface area contributed by atoms with Crippen LogP contribution < -0.4 is 10.1 Å². The highest BCUT2D eigenvalue weighted by Crippen LogP contribution is 2.29. The van der Waals surface area contributed by atoms with Crippen LogP contribution in [0.3, 0.4) is 0 Å². The molecule has 10 nitrogen and oxygen atoms in total. The van der Waals surface area contributed by atoms with Gasteiger partial charge in [-0.2, -0.15) is 4.72 Å². The van der Waals surface area contributed by atoms with E-state index in [1.165, 1.54) is 44.2 Å². The molecule has 0 spiro atoms. The number of sulfonamides is 1. The van der Waals surface area contributed by atoms with E-state index in [9.17, 15) is 23.3 Å². The van der Waals surface area contributed by atoms with Crippen molar-refractivity contribution in [1.82, 2.24) is 20.1 Å². The van der Waals surface area contributed by atoms with E-state index in [0.29, 0.717) is 41.8 Å². The number of para-hydroxylation sites is 1. The summed E-state index contributed by atoms with van der Waals surface area (Å²) in [5, 5.41) is 13.9. The van der Waals surface area contributed by atoms with Gasteiger partial charge in [0.05, 0.1) is 4.92 Å². The van der Waals surface area contributed by atoms with Crippen molar-refractivity contribution in [3.63, 3.8) is 0 Å². The van der Waals surface area contributed by atoms with Gasteiger partial charge in [-0.1, -0.05) is 55.1 Å². The number of hydrazine groups is 1. The zero-order valence-corrected chi connectivity index (χ0v) is 24.5. The van der Waals surface area contributed by atoms with E-state index in [2.05, 4.69) is 28.9 Å². The van der Waals surface area contributed by atoms with Crippen LogP contribution in [0, 0.1) is 10.1 Å². The lowest BCUT2D eigenvalue weighted by atomic mass is 9.92. The Bertz CT molecular complexity index is 1280. The smallest absolute Gasteiger partial charge is 0.289 e. The minimum atomic E-state index is -4.40. The van der Waals surface area contributed by atoms with E-state index >= 15 is 0 Å². The number of halogens is 1. The second-order valence-electron chi connectivity index (χ2n) is 10.9.